The minimum atomic E-state index is -0.376. The summed E-state index contributed by atoms with van der Waals surface area (Å²) in [5.74, 6) is 0. The number of aromatic nitrogens is 5. The SMILES string of the molecule is NC(c1cncnc1)c1cnn(-c2ccccc2)n1. The number of nitrogens with two attached hydrogens (primary N) is 1. The van der Waals surface area contributed by atoms with E-state index >= 15 is 0 Å². The summed E-state index contributed by atoms with van der Waals surface area (Å²) in [6.45, 7) is 0. The second-order valence-electron chi connectivity index (χ2n) is 4.04. The molecule has 2 aromatic heterocycles. The Balaban J connectivity index is 1.90. The molecule has 3 aromatic rings. The van der Waals surface area contributed by atoms with Gasteiger partial charge in [-0.15, -0.1) is 0 Å². The normalized spacial score (nSPS) is 12.3. The third kappa shape index (κ3) is 2.34. The fourth-order valence-corrected chi connectivity index (χ4v) is 1.75. The Bertz CT molecular complexity index is 649. The van der Waals surface area contributed by atoms with E-state index in [1.807, 2.05) is 30.3 Å². The van der Waals surface area contributed by atoms with E-state index in [1.54, 1.807) is 23.4 Å². The quantitative estimate of drug-likeness (QED) is 0.755. The van der Waals surface area contributed by atoms with Gasteiger partial charge in [-0.2, -0.15) is 15.0 Å². The molecule has 1 atom stereocenters. The van der Waals surface area contributed by atoms with Crippen molar-refractivity contribution in [2.24, 2.45) is 5.73 Å². The van der Waals surface area contributed by atoms with Crippen LogP contribution in [0.2, 0.25) is 0 Å². The highest BCUT2D eigenvalue weighted by atomic mass is 15.5. The highest BCUT2D eigenvalue weighted by Crippen LogP contribution is 2.15. The third-order valence-corrected chi connectivity index (χ3v) is 2.76. The molecule has 3 rings (SSSR count). The van der Waals surface area contributed by atoms with E-state index in [-0.39, 0.29) is 6.04 Å². The number of hydrogen-bond donors (Lipinski definition) is 1. The van der Waals surface area contributed by atoms with Gasteiger partial charge in [0.2, 0.25) is 0 Å². The van der Waals surface area contributed by atoms with Crippen molar-refractivity contribution in [3.8, 4) is 5.69 Å². The van der Waals surface area contributed by atoms with Gasteiger partial charge in [0.15, 0.2) is 0 Å². The molecule has 94 valence electrons. The molecule has 6 heteroatoms. The van der Waals surface area contributed by atoms with E-state index in [2.05, 4.69) is 20.2 Å². The van der Waals surface area contributed by atoms with Crippen molar-refractivity contribution in [2.45, 2.75) is 6.04 Å². The minimum Gasteiger partial charge on any atom is -0.319 e. The summed E-state index contributed by atoms with van der Waals surface area (Å²) >= 11 is 0. The van der Waals surface area contributed by atoms with Crippen LogP contribution in [0.15, 0.2) is 55.2 Å². The molecule has 19 heavy (non-hydrogen) atoms. The highest BCUT2D eigenvalue weighted by molar-refractivity contribution is 5.29. The van der Waals surface area contributed by atoms with E-state index in [9.17, 15) is 0 Å². The van der Waals surface area contributed by atoms with Crippen LogP contribution in [-0.4, -0.2) is 25.0 Å². The molecule has 0 fully saturated rings. The average Bonchev–Trinajstić information content (AvgIpc) is 2.98. The maximum Gasteiger partial charge on any atom is 0.115 e. The van der Waals surface area contributed by atoms with Crippen LogP contribution in [0.5, 0.6) is 0 Å². The molecule has 1 unspecified atom stereocenters. The second kappa shape index (κ2) is 4.95. The molecule has 0 bridgehead atoms. The van der Waals surface area contributed by atoms with Crippen molar-refractivity contribution in [3.05, 3.63) is 66.5 Å². The summed E-state index contributed by atoms with van der Waals surface area (Å²) in [7, 11) is 0. The Morgan fingerprint density at radius 3 is 2.47 bits per heavy atom. The molecule has 0 aliphatic rings. The van der Waals surface area contributed by atoms with E-state index in [0.717, 1.165) is 11.3 Å². The van der Waals surface area contributed by atoms with Gasteiger partial charge in [0.25, 0.3) is 0 Å². The van der Waals surface area contributed by atoms with Crippen LogP contribution in [0, 0.1) is 0 Å². The highest BCUT2D eigenvalue weighted by Gasteiger charge is 2.13. The van der Waals surface area contributed by atoms with Gasteiger partial charge in [-0.1, -0.05) is 18.2 Å². The zero-order chi connectivity index (χ0) is 13.1. The molecular formula is C13H12N6. The van der Waals surface area contributed by atoms with Gasteiger partial charge in [-0.05, 0) is 12.1 Å². The molecule has 6 nitrogen and oxygen atoms in total. The minimum absolute atomic E-state index is 0.376. The lowest BCUT2D eigenvalue weighted by atomic mass is 10.1. The lowest BCUT2D eigenvalue weighted by Crippen LogP contribution is -2.13. The molecule has 0 saturated heterocycles. The predicted molar refractivity (Wildman–Crippen MR) is 69.4 cm³/mol. The number of rotatable bonds is 3. The third-order valence-electron chi connectivity index (χ3n) is 2.76. The van der Waals surface area contributed by atoms with Crippen LogP contribution in [0.1, 0.15) is 17.3 Å². The van der Waals surface area contributed by atoms with Gasteiger partial charge >= 0.3 is 0 Å². The first-order valence-electron chi connectivity index (χ1n) is 5.83. The molecule has 2 N–H and O–H groups in total. The molecular weight excluding hydrogens is 240 g/mol. The van der Waals surface area contributed by atoms with Crippen LogP contribution >= 0.6 is 0 Å². The fraction of sp³-hybridized carbons (Fsp3) is 0.0769. The van der Waals surface area contributed by atoms with Gasteiger partial charge in [-0.25, -0.2) is 9.97 Å². The Labute approximate surface area is 109 Å². The van der Waals surface area contributed by atoms with E-state index in [0.29, 0.717) is 5.69 Å². The van der Waals surface area contributed by atoms with E-state index < -0.39 is 0 Å². The lowest BCUT2D eigenvalue weighted by molar-refractivity contribution is 0.717. The van der Waals surface area contributed by atoms with Crippen LogP contribution in [0.25, 0.3) is 5.69 Å². The number of para-hydroxylation sites is 1. The zero-order valence-corrected chi connectivity index (χ0v) is 10.1. The summed E-state index contributed by atoms with van der Waals surface area (Å²) in [6.07, 6.45) is 6.49. The van der Waals surface area contributed by atoms with Crippen LogP contribution in [0.3, 0.4) is 0 Å². The maximum absolute atomic E-state index is 6.11. The summed E-state index contributed by atoms with van der Waals surface area (Å²) in [5.41, 5.74) is 8.49. The summed E-state index contributed by atoms with van der Waals surface area (Å²) in [6, 6.07) is 9.30. The van der Waals surface area contributed by atoms with Crippen LogP contribution in [-0.2, 0) is 0 Å². The van der Waals surface area contributed by atoms with E-state index in [1.165, 1.54) is 6.33 Å². The first-order chi connectivity index (χ1) is 9.34. The topological polar surface area (TPSA) is 82.5 Å². The predicted octanol–water partition coefficient (Wildman–Crippen LogP) is 1.11. The average molecular weight is 252 g/mol. The number of benzene rings is 1. The Kier molecular flexibility index (Phi) is 2.99. The van der Waals surface area contributed by atoms with Crippen LogP contribution < -0.4 is 5.73 Å². The van der Waals surface area contributed by atoms with Gasteiger partial charge in [-0.3, -0.25) is 0 Å². The van der Waals surface area contributed by atoms with Crippen molar-refractivity contribution >= 4 is 0 Å². The van der Waals surface area contributed by atoms with Crippen LogP contribution in [0.4, 0.5) is 0 Å². The Hall–Kier alpha value is -2.60. The molecule has 0 aliphatic heterocycles. The first-order valence-corrected chi connectivity index (χ1v) is 5.83. The lowest BCUT2D eigenvalue weighted by Gasteiger charge is -2.06. The zero-order valence-electron chi connectivity index (χ0n) is 10.1. The summed E-state index contributed by atoms with van der Waals surface area (Å²) < 4.78 is 0. The van der Waals surface area contributed by atoms with Crippen molar-refractivity contribution in [2.75, 3.05) is 0 Å². The molecule has 1 aromatic carbocycles. The molecule has 0 amide bonds. The first kappa shape index (κ1) is 11.5. The van der Waals surface area contributed by atoms with Crippen molar-refractivity contribution in [1.29, 1.82) is 0 Å². The van der Waals surface area contributed by atoms with Crippen molar-refractivity contribution < 1.29 is 0 Å². The monoisotopic (exact) mass is 252 g/mol. The largest absolute Gasteiger partial charge is 0.319 e. The van der Waals surface area contributed by atoms with Crippen molar-refractivity contribution in [3.63, 3.8) is 0 Å². The summed E-state index contributed by atoms with van der Waals surface area (Å²) in [5, 5.41) is 8.60. The van der Waals surface area contributed by atoms with Crippen molar-refractivity contribution in [1.82, 2.24) is 25.0 Å². The molecule has 0 saturated carbocycles. The Morgan fingerprint density at radius 2 is 1.74 bits per heavy atom. The van der Waals surface area contributed by atoms with Gasteiger partial charge in [0.1, 0.15) is 12.0 Å². The van der Waals surface area contributed by atoms with Gasteiger partial charge in [0, 0.05) is 18.0 Å². The number of nitrogens with zero attached hydrogens (tertiary/aromatic N) is 5. The fourth-order valence-electron chi connectivity index (χ4n) is 1.75. The molecule has 0 radical (unpaired) electrons. The molecule has 2 heterocycles. The standard InChI is InChI=1S/C13H12N6/c14-13(10-6-15-9-16-7-10)12-8-17-19(18-12)11-4-2-1-3-5-11/h1-9,13H,14H2. The number of hydrogen-bond acceptors (Lipinski definition) is 5. The van der Waals surface area contributed by atoms with E-state index in [4.69, 9.17) is 5.73 Å². The summed E-state index contributed by atoms with van der Waals surface area (Å²) in [4.78, 5) is 9.45. The van der Waals surface area contributed by atoms with Gasteiger partial charge in [0.05, 0.1) is 17.9 Å². The maximum atomic E-state index is 6.11. The smallest absolute Gasteiger partial charge is 0.115 e. The molecule has 0 aliphatic carbocycles. The van der Waals surface area contributed by atoms with Gasteiger partial charge < -0.3 is 5.73 Å². The Morgan fingerprint density at radius 1 is 1.00 bits per heavy atom. The second-order valence-corrected chi connectivity index (χ2v) is 4.04. The molecule has 0 spiro atoms.